The number of methoxy groups -OCH3 is 1. The van der Waals surface area contributed by atoms with Gasteiger partial charge in [0, 0.05) is 47.0 Å². The van der Waals surface area contributed by atoms with Gasteiger partial charge in [0.15, 0.2) is 0 Å². The summed E-state index contributed by atoms with van der Waals surface area (Å²) in [5.74, 6) is 2.67. The second-order valence-electron chi connectivity index (χ2n) is 12.0. The second-order valence-corrected chi connectivity index (χ2v) is 12.0. The lowest BCUT2D eigenvalue weighted by molar-refractivity contribution is 0.211. The molecule has 0 bridgehead atoms. The summed E-state index contributed by atoms with van der Waals surface area (Å²) in [5, 5.41) is 12.2. The summed E-state index contributed by atoms with van der Waals surface area (Å²) in [4.78, 5) is 37.8. The predicted octanol–water partition coefficient (Wildman–Crippen LogP) is 7.00. The summed E-state index contributed by atoms with van der Waals surface area (Å²) >= 11 is 0. The molecule has 0 aliphatic rings. The Morgan fingerprint density at radius 1 is 0.878 bits per heavy atom. The van der Waals surface area contributed by atoms with Crippen LogP contribution in [0, 0.1) is 0 Å². The molecule has 0 aliphatic carbocycles. The average Bonchev–Trinajstić information content (AvgIpc) is 3.50. The van der Waals surface area contributed by atoms with Gasteiger partial charge in [-0.2, -0.15) is 10.1 Å². The first-order chi connectivity index (χ1) is 23.6. The molecule has 3 heterocycles. The van der Waals surface area contributed by atoms with E-state index in [1.54, 1.807) is 66.6 Å². The minimum atomic E-state index is -0.887. The Morgan fingerprint density at radius 3 is 2.43 bits per heavy atom. The van der Waals surface area contributed by atoms with Gasteiger partial charge in [-0.15, -0.1) is 0 Å². The number of nitrogens with zero attached hydrogens (tertiary/aromatic N) is 5. The molecule has 248 valence electrons. The molecule has 0 fully saturated rings. The average molecular weight is 659 g/mol. The van der Waals surface area contributed by atoms with Crippen LogP contribution in [-0.2, 0) is 11.8 Å². The molecule has 3 aromatic heterocycles. The molecule has 13 nitrogen and oxygen atoms in total. The van der Waals surface area contributed by atoms with Gasteiger partial charge in [-0.3, -0.25) is 5.32 Å². The smallest absolute Gasteiger partial charge is 0.409 e. The third-order valence-corrected chi connectivity index (χ3v) is 7.40. The molecule has 0 unspecified atom stereocenters. The van der Waals surface area contributed by atoms with Gasteiger partial charge in [0.25, 0.3) is 0 Å². The zero-order valence-corrected chi connectivity index (χ0v) is 27.3. The molecule has 6 rings (SSSR count). The Bertz CT molecular complexity index is 2140. The summed E-state index contributed by atoms with van der Waals surface area (Å²) < 4.78 is 18.0. The van der Waals surface area contributed by atoms with Gasteiger partial charge in [-0.25, -0.2) is 24.2 Å². The number of aromatic nitrogens is 5. The van der Waals surface area contributed by atoms with Gasteiger partial charge in [0.2, 0.25) is 11.8 Å². The maximum absolute atomic E-state index is 13.4. The Hall–Kier alpha value is -6.50. The van der Waals surface area contributed by atoms with Crippen molar-refractivity contribution in [2.45, 2.75) is 32.6 Å². The number of pyridine rings is 1. The maximum atomic E-state index is 13.4. The van der Waals surface area contributed by atoms with E-state index in [0.717, 1.165) is 22.0 Å². The first-order valence-electron chi connectivity index (χ1n) is 15.3. The van der Waals surface area contributed by atoms with Crippen molar-refractivity contribution in [2.75, 3.05) is 17.7 Å². The number of fused-ring (bicyclic) bond motifs is 1. The molecular weight excluding hydrogens is 624 g/mol. The van der Waals surface area contributed by atoms with Gasteiger partial charge in [-0.1, -0.05) is 57.2 Å². The number of rotatable bonds is 9. The number of urea groups is 1. The van der Waals surface area contributed by atoms with Crippen molar-refractivity contribution in [3.63, 3.8) is 0 Å². The highest BCUT2D eigenvalue weighted by atomic mass is 16.5. The number of amides is 3. The quantitative estimate of drug-likeness (QED) is 0.148. The van der Waals surface area contributed by atoms with Crippen molar-refractivity contribution in [2.24, 2.45) is 5.73 Å². The highest BCUT2D eigenvalue weighted by molar-refractivity contribution is 6.07. The normalized spacial score (nSPS) is 11.2. The van der Waals surface area contributed by atoms with E-state index in [-0.39, 0.29) is 5.41 Å². The number of ether oxygens (including phenoxy) is 3. The van der Waals surface area contributed by atoms with E-state index in [2.05, 4.69) is 46.4 Å². The number of carbonyl (C=O) groups is 2. The van der Waals surface area contributed by atoms with Gasteiger partial charge in [0.1, 0.15) is 23.1 Å². The minimum absolute atomic E-state index is 0.263. The second kappa shape index (κ2) is 13.7. The molecule has 0 saturated heterocycles. The fraction of sp³-hybridized carbons (Fsp3) is 0.167. The largest absolute Gasteiger partial charge is 0.481 e. The van der Waals surface area contributed by atoms with Gasteiger partial charge in [0.05, 0.1) is 30.4 Å². The topological polar surface area (TPSA) is 168 Å². The summed E-state index contributed by atoms with van der Waals surface area (Å²) in [6.45, 7) is 6.15. The maximum Gasteiger partial charge on any atom is 0.409 e. The molecule has 0 atom stereocenters. The Balaban J connectivity index is 1.21. The standard InChI is InChI=1S/C36H34N8O5/c1-36(2,3)29-20-31(44(43-29)23-12-15-32(47-4)39-21-23)42-35(46)40-27-13-14-28(26-11-6-5-10-25(26)27)49-33-16-17-38-30(41-33)19-22-8-7-9-24(18-22)48-34(37)45/h5-18,20-21H,19H2,1-4H3,(H2,37,45)(H2,40,42,46). The van der Waals surface area contributed by atoms with Crippen LogP contribution < -0.4 is 30.6 Å². The number of anilines is 2. The fourth-order valence-corrected chi connectivity index (χ4v) is 5.04. The zero-order chi connectivity index (χ0) is 34.5. The fourth-order valence-electron chi connectivity index (χ4n) is 5.04. The summed E-state index contributed by atoms with van der Waals surface area (Å²) in [6, 6.07) is 24.7. The first-order valence-corrected chi connectivity index (χ1v) is 15.3. The van der Waals surface area contributed by atoms with E-state index < -0.39 is 12.1 Å². The highest BCUT2D eigenvalue weighted by Gasteiger charge is 2.22. The lowest BCUT2D eigenvalue weighted by atomic mass is 9.92. The SMILES string of the molecule is COc1ccc(-n2nc(C(C)(C)C)cc2NC(=O)Nc2ccc(Oc3ccnc(Cc4cccc(OC(N)=O)c4)n3)c3ccccc23)cn1. The highest BCUT2D eigenvalue weighted by Crippen LogP contribution is 2.34. The molecule has 0 aliphatic heterocycles. The van der Waals surface area contributed by atoms with Gasteiger partial charge < -0.3 is 25.3 Å². The number of primary amides is 1. The van der Waals surface area contributed by atoms with E-state index >= 15 is 0 Å². The molecule has 0 saturated carbocycles. The number of benzene rings is 3. The number of hydrogen-bond acceptors (Lipinski definition) is 9. The summed E-state index contributed by atoms with van der Waals surface area (Å²) in [6.07, 6.45) is 2.73. The van der Waals surface area contributed by atoms with Crippen molar-refractivity contribution >= 4 is 34.4 Å². The molecular formula is C36H34N8O5. The van der Waals surface area contributed by atoms with Crippen molar-refractivity contribution in [1.29, 1.82) is 0 Å². The van der Waals surface area contributed by atoms with E-state index in [0.29, 0.717) is 52.7 Å². The van der Waals surface area contributed by atoms with Crippen molar-refractivity contribution in [3.8, 4) is 28.9 Å². The summed E-state index contributed by atoms with van der Waals surface area (Å²) in [7, 11) is 1.55. The van der Waals surface area contributed by atoms with E-state index in [1.807, 2.05) is 42.5 Å². The number of nitrogens with two attached hydrogens (primary N) is 1. The van der Waals surface area contributed by atoms with Crippen LogP contribution in [0.4, 0.5) is 21.1 Å². The minimum Gasteiger partial charge on any atom is -0.481 e. The Morgan fingerprint density at radius 2 is 1.69 bits per heavy atom. The van der Waals surface area contributed by atoms with E-state index in [9.17, 15) is 9.59 Å². The van der Waals surface area contributed by atoms with E-state index in [1.165, 1.54) is 0 Å². The van der Waals surface area contributed by atoms with Crippen LogP contribution >= 0.6 is 0 Å². The van der Waals surface area contributed by atoms with Crippen molar-refractivity contribution in [3.05, 3.63) is 114 Å². The molecule has 3 aromatic carbocycles. The van der Waals surface area contributed by atoms with Crippen LogP contribution in [0.5, 0.6) is 23.3 Å². The Labute approximate surface area is 282 Å². The molecule has 6 aromatic rings. The van der Waals surface area contributed by atoms with Crippen molar-refractivity contribution in [1.82, 2.24) is 24.7 Å². The molecule has 49 heavy (non-hydrogen) atoms. The van der Waals surface area contributed by atoms with Crippen LogP contribution in [0.1, 0.15) is 37.9 Å². The Kier molecular flexibility index (Phi) is 9.07. The van der Waals surface area contributed by atoms with Crippen LogP contribution in [0.15, 0.2) is 97.3 Å². The summed E-state index contributed by atoms with van der Waals surface area (Å²) in [5.41, 5.74) is 7.74. The number of carbonyl (C=O) groups excluding carboxylic acids is 2. The van der Waals surface area contributed by atoms with Gasteiger partial charge in [-0.05, 0) is 35.9 Å². The lowest BCUT2D eigenvalue weighted by Gasteiger charge is -2.14. The lowest BCUT2D eigenvalue weighted by Crippen LogP contribution is -2.21. The van der Waals surface area contributed by atoms with Crippen molar-refractivity contribution < 1.29 is 23.8 Å². The molecule has 3 amide bonds. The monoisotopic (exact) mass is 658 g/mol. The number of nitrogens with one attached hydrogen (secondary N) is 2. The van der Waals surface area contributed by atoms with Crippen LogP contribution in [0.2, 0.25) is 0 Å². The van der Waals surface area contributed by atoms with E-state index in [4.69, 9.17) is 25.0 Å². The third kappa shape index (κ3) is 7.73. The first kappa shape index (κ1) is 32.4. The predicted molar refractivity (Wildman–Crippen MR) is 185 cm³/mol. The van der Waals surface area contributed by atoms with Gasteiger partial charge >= 0.3 is 12.1 Å². The van der Waals surface area contributed by atoms with Crippen LogP contribution in [0.25, 0.3) is 16.5 Å². The number of hydrogen-bond donors (Lipinski definition) is 3. The van der Waals surface area contributed by atoms with Crippen LogP contribution in [-0.4, -0.2) is 44.0 Å². The molecule has 4 N–H and O–H groups in total. The third-order valence-electron chi connectivity index (χ3n) is 7.40. The molecule has 13 heteroatoms. The molecule has 0 radical (unpaired) electrons. The zero-order valence-electron chi connectivity index (χ0n) is 27.3. The van der Waals surface area contributed by atoms with Crippen LogP contribution in [0.3, 0.4) is 0 Å². The molecule has 0 spiro atoms.